The minimum absolute atomic E-state index is 0.0667. The highest BCUT2D eigenvalue weighted by Crippen LogP contribution is 2.31. The van der Waals surface area contributed by atoms with E-state index in [9.17, 15) is 4.79 Å². The summed E-state index contributed by atoms with van der Waals surface area (Å²) in [6.07, 6.45) is -0.0667. The normalized spacial score (nSPS) is 11.8. The average Bonchev–Trinajstić information content (AvgIpc) is 2.36. The first kappa shape index (κ1) is 15.1. The van der Waals surface area contributed by atoms with Crippen molar-refractivity contribution >= 4 is 11.7 Å². The van der Waals surface area contributed by atoms with Crippen LogP contribution in [0.2, 0.25) is 0 Å². The summed E-state index contributed by atoms with van der Waals surface area (Å²) in [5.74, 6) is 0.454. The van der Waals surface area contributed by atoms with E-state index in [0.29, 0.717) is 18.0 Å². The van der Waals surface area contributed by atoms with Crippen molar-refractivity contribution in [1.82, 2.24) is 0 Å². The van der Waals surface area contributed by atoms with E-state index >= 15 is 0 Å². The van der Waals surface area contributed by atoms with Crippen LogP contribution in [-0.4, -0.2) is 44.9 Å². The van der Waals surface area contributed by atoms with Crippen LogP contribution in [-0.2, 0) is 4.79 Å². The molecule has 0 saturated heterocycles. The Labute approximate surface area is 112 Å². The van der Waals surface area contributed by atoms with Gasteiger partial charge in [-0.25, -0.2) is 0 Å². The van der Waals surface area contributed by atoms with Crippen LogP contribution in [0, 0.1) is 0 Å². The second-order valence-electron chi connectivity index (χ2n) is 4.28. The number of carboxylic acid groups (broad SMARTS) is 1. The van der Waals surface area contributed by atoms with Crippen molar-refractivity contribution in [2.75, 3.05) is 32.7 Å². The molecule has 0 aliphatic rings. The monoisotopic (exact) mass is 268 g/mol. The van der Waals surface area contributed by atoms with E-state index in [1.54, 1.807) is 20.3 Å². The maximum absolute atomic E-state index is 10.6. The van der Waals surface area contributed by atoms with E-state index in [1.807, 2.05) is 24.1 Å². The topological polar surface area (TPSA) is 85.0 Å². The maximum Gasteiger partial charge on any atom is 0.304 e. The molecule has 1 rings (SSSR count). The molecule has 3 N–H and O–H groups in total. The number of carbonyl (C=O) groups is 1. The molecule has 0 radical (unpaired) electrons. The lowest BCUT2D eigenvalue weighted by atomic mass is 10.2. The van der Waals surface area contributed by atoms with Gasteiger partial charge in [0.2, 0.25) is 0 Å². The first-order valence-corrected chi connectivity index (χ1v) is 5.88. The number of hydrogen-bond acceptors (Lipinski definition) is 5. The molecule has 0 aromatic heterocycles. The Hall–Kier alpha value is -1.95. The lowest BCUT2D eigenvalue weighted by molar-refractivity contribution is -0.137. The Kier molecular flexibility index (Phi) is 5.44. The molecule has 1 atom stereocenters. The van der Waals surface area contributed by atoms with Gasteiger partial charge in [-0.2, -0.15) is 0 Å². The lowest BCUT2D eigenvalue weighted by Gasteiger charge is -2.24. The molecule has 106 valence electrons. The van der Waals surface area contributed by atoms with E-state index in [1.165, 1.54) is 0 Å². The lowest BCUT2D eigenvalue weighted by Crippen LogP contribution is -2.37. The molecule has 0 aliphatic heterocycles. The third-order valence-corrected chi connectivity index (χ3v) is 2.74. The molecule has 0 saturated carbocycles. The van der Waals surface area contributed by atoms with Crippen molar-refractivity contribution in [3.63, 3.8) is 0 Å². The summed E-state index contributed by atoms with van der Waals surface area (Å²) in [5, 5.41) is 8.70. The predicted octanol–water partition coefficient (Wildman–Crippen LogP) is 0.942. The Balaban J connectivity index is 2.81. The largest absolute Gasteiger partial charge is 0.497 e. The van der Waals surface area contributed by atoms with Gasteiger partial charge in [-0.1, -0.05) is 0 Å². The summed E-state index contributed by atoms with van der Waals surface area (Å²) in [4.78, 5) is 12.5. The zero-order valence-electron chi connectivity index (χ0n) is 11.4. The van der Waals surface area contributed by atoms with Gasteiger partial charge < -0.3 is 25.2 Å². The van der Waals surface area contributed by atoms with Crippen LogP contribution in [0.4, 0.5) is 5.69 Å². The number of hydrogen-bond donors (Lipinski definition) is 2. The van der Waals surface area contributed by atoms with Crippen molar-refractivity contribution in [1.29, 1.82) is 0 Å². The number of benzene rings is 1. The molecule has 0 spiro atoms. The van der Waals surface area contributed by atoms with Gasteiger partial charge in [-0.05, 0) is 12.1 Å². The Bertz CT molecular complexity index is 437. The fraction of sp³-hybridized carbons (Fsp3) is 0.462. The van der Waals surface area contributed by atoms with Gasteiger partial charge in [0.15, 0.2) is 0 Å². The number of likely N-dealkylation sites (N-methyl/N-ethyl adjacent to an activating group) is 1. The van der Waals surface area contributed by atoms with E-state index in [2.05, 4.69) is 0 Å². The molecule has 1 aromatic carbocycles. The second-order valence-corrected chi connectivity index (χ2v) is 4.28. The summed E-state index contributed by atoms with van der Waals surface area (Å²) in [5.41, 5.74) is 6.61. The summed E-state index contributed by atoms with van der Waals surface area (Å²) in [6.45, 7) is 0.426. The first-order valence-electron chi connectivity index (χ1n) is 5.88. The molecule has 6 nitrogen and oxygen atoms in total. The van der Waals surface area contributed by atoms with Crippen molar-refractivity contribution in [2.45, 2.75) is 12.5 Å². The molecule has 1 unspecified atom stereocenters. The number of rotatable bonds is 7. The number of ether oxygens (including phenoxy) is 2. The molecule has 6 heteroatoms. The van der Waals surface area contributed by atoms with Gasteiger partial charge in [0.05, 0.1) is 26.3 Å². The van der Waals surface area contributed by atoms with Crippen LogP contribution in [0.5, 0.6) is 11.5 Å². The van der Waals surface area contributed by atoms with Gasteiger partial charge in [0.25, 0.3) is 0 Å². The summed E-state index contributed by atoms with van der Waals surface area (Å²) < 4.78 is 10.4. The molecular formula is C13H20N2O4. The maximum atomic E-state index is 10.6. The molecule has 0 fully saturated rings. The first-order chi connectivity index (χ1) is 8.97. The Morgan fingerprint density at radius 2 is 2.11 bits per heavy atom. The minimum atomic E-state index is -0.900. The van der Waals surface area contributed by atoms with Crippen LogP contribution >= 0.6 is 0 Å². The van der Waals surface area contributed by atoms with E-state index in [-0.39, 0.29) is 6.42 Å². The molecule has 0 aliphatic carbocycles. The van der Waals surface area contributed by atoms with Crippen molar-refractivity contribution in [2.24, 2.45) is 5.73 Å². The fourth-order valence-corrected chi connectivity index (χ4v) is 1.84. The second kappa shape index (κ2) is 6.84. The van der Waals surface area contributed by atoms with Gasteiger partial charge in [-0.3, -0.25) is 4.79 Å². The number of nitrogens with zero attached hydrogens (tertiary/aromatic N) is 1. The van der Waals surface area contributed by atoms with Gasteiger partial charge in [-0.15, -0.1) is 0 Å². The minimum Gasteiger partial charge on any atom is -0.497 e. The zero-order chi connectivity index (χ0) is 14.4. The number of anilines is 1. The van der Waals surface area contributed by atoms with Crippen molar-refractivity contribution in [3.05, 3.63) is 18.2 Å². The fourth-order valence-electron chi connectivity index (χ4n) is 1.84. The SMILES string of the molecule is COc1ccc(N(C)CC(N)CC(=O)O)c(OC)c1. The highest BCUT2D eigenvalue weighted by molar-refractivity contribution is 5.68. The van der Waals surface area contributed by atoms with Crippen LogP contribution in [0.15, 0.2) is 18.2 Å². The number of nitrogens with two attached hydrogens (primary N) is 1. The van der Waals surface area contributed by atoms with Gasteiger partial charge in [0.1, 0.15) is 11.5 Å². The van der Waals surface area contributed by atoms with Gasteiger partial charge in [0, 0.05) is 25.7 Å². The Morgan fingerprint density at radius 1 is 1.42 bits per heavy atom. The van der Waals surface area contributed by atoms with E-state index in [0.717, 1.165) is 5.69 Å². The average molecular weight is 268 g/mol. The van der Waals surface area contributed by atoms with Crippen LogP contribution in [0.25, 0.3) is 0 Å². The third-order valence-electron chi connectivity index (χ3n) is 2.74. The number of methoxy groups -OCH3 is 2. The van der Waals surface area contributed by atoms with Crippen molar-refractivity contribution < 1.29 is 19.4 Å². The van der Waals surface area contributed by atoms with Crippen LogP contribution in [0.3, 0.4) is 0 Å². The molecule has 0 bridgehead atoms. The summed E-state index contributed by atoms with van der Waals surface area (Å²) in [6, 6.07) is 5.01. The number of aliphatic carboxylic acids is 1. The quantitative estimate of drug-likeness (QED) is 0.765. The molecule has 0 heterocycles. The Morgan fingerprint density at radius 3 is 2.63 bits per heavy atom. The molecule has 1 aromatic rings. The van der Waals surface area contributed by atoms with E-state index < -0.39 is 12.0 Å². The molecule has 19 heavy (non-hydrogen) atoms. The van der Waals surface area contributed by atoms with E-state index in [4.69, 9.17) is 20.3 Å². The smallest absolute Gasteiger partial charge is 0.304 e. The van der Waals surface area contributed by atoms with Gasteiger partial charge >= 0.3 is 5.97 Å². The van der Waals surface area contributed by atoms with Crippen LogP contribution < -0.4 is 20.1 Å². The third kappa shape index (κ3) is 4.33. The van der Waals surface area contributed by atoms with Crippen molar-refractivity contribution in [3.8, 4) is 11.5 Å². The molecule has 0 amide bonds. The van der Waals surface area contributed by atoms with Crippen LogP contribution in [0.1, 0.15) is 6.42 Å². The number of carboxylic acids is 1. The summed E-state index contributed by atoms with van der Waals surface area (Å²) >= 11 is 0. The predicted molar refractivity (Wildman–Crippen MR) is 73.0 cm³/mol. The molecular weight excluding hydrogens is 248 g/mol. The highest BCUT2D eigenvalue weighted by atomic mass is 16.5. The standard InChI is InChI=1S/C13H20N2O4/c1-15(8-9(14)6-13(16)17)11-5-4-10(18-2)7-12(11)19-3/h4-5,7,9H,6,8,14H2,1-3H3,(H,16,17). The highest BCUT2D eigenvalue weighted by Gasteiger charge is 2.14. The summed E-state index contributed by atoms with van der Waals surface area (Å²) in [7, 11) is 5.00. The zero-order valence-corrected chi connectivity index (χ0v) is 11.4.